The van der Waals surface area contributed by atoms with Crippen LogP contribution in [0.3, 0.4) is 0 Å². The summed E-state index contributed by atoms with van der Waals surface area (Å²) in [7, 11) is 0. The molecular formula is C39H44Cl2N2O2S. The summed E-state index contributed by atoms with van der Waals surface area (Å²) in [4.78, 5) is 19.2. The van der Waals surface area contributed by atoms with Crippen molar-refractivity contribution >= 4 is 40.3 Å². The molecule has 0 bridgehead atoms. The zero-order valence-corrected chi connectivity index (χ0v) is 28.8. The summed E-state index contributed by atoms with van der Waals surface area (Å²) in [6, 6.07) is 27.8. The van der Waals surface area contributed by atoms with Crippen LogP contribution in [0.1, 0.15) is 66.4 Å². The number of halogens is 2. The third kappa shape index (κ3) is 8.13. The summed E-state index contributed by atoms with van der Waals surface area (Å²) in [5, 5.41) is 17.5. The van der Waals surface area contributed by atoms with E-state index < -0.39 is 12.0 Å². The summed E-state index contributed by atoms with van der Waals surface area (Å²) in [5.74, 6) is 0.893. The highest BCUT2D eigenvalue weighted by atomic mass is 35.5. The van der Waals surface area contributed by atoms with Gasteiger partial charge in [-0.05, 0) is 95.4 Å². The Morgan fingerprint density at radius 1 is 0.913 bits per heavy atom. The second-order valence-corrected chi connectivity index (χ2v) is 15.0. The Kier molecular flexibility index (Phi) is 11.3. The van der Waals surface area contributed by atoms with E-state index in [2.05, 4.69) is 32.7 Å². The van der Waals surface area contributed by atoms with Crippen molar-refractivity contribution < 1.29 is 9.90 Å². The van der Waals surface area contributed by atoms with Gasteiger partial charge in [-0.1, -0.05) is 96.9 Å². The van der Waals surface area contributed by atoms with E-state index in [1.165, 1.54) is 5.56 Å². The molecule has 0 aliphatic carbocycles. The Balaban J connectivity index is 1.10. The van der Waals surface area contributed by atoms with Crippen molar-refractivity contribution in [1.82, 2.24) is 9.80 Å². The highest BCUT2D eigenvalue weighted by Crippen LogP contribution is 2.39. The van der Waals surface area contributed by atoms with Crippen molar-refractivity contribution in [2.75, 3.05) is 32.7 Å². The summed E-state index contributed by atoms with van der Waals surface area (Å²) < 4.78 is 0. The molecule has 6 rings (SSSR count). The Morgan fingerprint density at radius 2 is 1.61 bits per heavy atom. The predicted molar refractivity (Wildman–Crippen MR) is 191 cm³/mol. The second kappa shape index (κ2) is 15.6. The predicted octanol–water partition coefficient (Wildman–Crippen LogP) is 9.10. The number of piperidine rings is 1. The zero-order valence-electron chi connectivity index (χ0n) is 26.5. The van der Waals surface area contributed by atoms with Gasteiger partial charge in [0.1, 0.15) is 5.78 Å². The van der Waals surface area contributed by atoms with Crippen LogP contribution in [0.4, 0.5) is 0 Å². The quantitative estimate of drug-likeness (QED) is 0.163. The minimum atomic E-state index is -0.803. The van der Waals surface area contributed by atoms with Crippen LogP contribution < -0.4 is 0 Å². The first-order valence-electron chi connectivity index (χ1n) is 16.6. The molecule has 3 aromatic carbocycles. The fourth-order valence-corrected chi connectivity index (χ4v) is 8.83. The van der Waals surface area contributed by atoms with Gasteiger partial charge in [0.15, 0.2) is 0 Å². The van der Waals surface area contributed by atoms with Crippen molar-refractivity contribution in [2.45, 2.75) is 50.7 Å². The maximum absolute atomic E-state index is 14.0. The van der Waals surface area contributed by atoms with Gasteiger partial charge in [0.25, 0.3) is 0 Å². The molecule has 0 saturated carbocycles. The molecule has 2 aliphatic rings. The lowest BCUT2D eigenvalue weighted by Gasteiger charge is -2.36. The smallest absolute Gasteiger partial charge is 0.146 e. The molecule has 5 atom stereocenters. The maximum atomic E-state index is 14.0. The normalized spacial score (nSPS) is 21.7. The minimum Gasteiger partial charge on any atom is -0.388 e. The molecule has 242 valence electrons. The molecule has 1 aromatic heterocycles. The van der Waals surface area contributed by atoms with Crippen LogP contribution in [0.15, 0.2) is 95.7 Å². The molecule has 4 aromatic rings. The zero-order chi connectivity index (χ0) is 32.0. The first-order chi connectivity index (χ1) is 22.4. The van der Waals surface area contributed by atoms with E-state index in [9.17, 15) is 9.90 Å². The van der Waals surface area contributed by atoms with Gasteiger partial charge in [-0.15, -0.1) is 0 Å². The molecule has 2 aliphatic heterocycles. The number of Topliss-reactive ketones (excluding diaryl/α,β-unsaturated/α-hetero) is 1. The van der Waals surface area contributed by atoms with Crippen LogP contribution >= 0.6 is 34.5 Å². The van der Waals surface area contributed by atoms with E-state index in [1.807, 2.05) is 79.7 Å². The highest BCUT2D eigenvalue weighted by molar-refractivity contribution is 7.08. The maximum Gasteiger partial charge on any atom is 0.146 e. The average Bonchev–Trinajstić information content (AvgIpc) is 3.76. The molecule has 1 N–H and O–H groups in total. The molecule has 0 spiro atoms. The lowest BCUT2D eigenvalue weighted by molar-refractivity contribution is -0.128. The average molecular weight is 676 g/mol. The Hall–Kier alpha value is -2.51. The summed E-state index contributed by atoms with van der Waals surface area (Å²) >= 11 is 14.5. The molecule has 2 fully saturated rings. The molecule has 0 amide bonds. The number of hydrogen-bond acceptors (Lipinski definition) is 5. The standard InChI is InChI=1S/C39H44Cl2N2O2S/c1-27(29-8-4-2-5-9-29)38(44)35(39(45)30-10-6-3-7-11-30)20-28-14-17-42(18-15-28)23-33-24-43(25-36(33)32-16-19-46-26-32)22-31-12-13-34(40)21-37(31)41/h2-13,16,19,21,26-28,33,35-36,39,45H,14-15,17-18,20,22-25H2,1H3/t27-,33?,35?,36?,39?/m0/s1. The number of likely N-dealkylation sites (tertiary alicyclic amines) is 2. The van der Waals surface area contributed by atoms with E-state index in [0.29, 0.717) is 22.8 Å². The lowest BCUT2D eigenvalue weighted by Crippen LogP contribution is -2.40. The number of aliphatic hydroxyl groups excluding tert-OH is 1. The molecule has 3 heterocycles. The molecule has 2 saturated heterocycles. The number of carbonyl (C=O) groups is 1. The first-order valence-corrected chi connectivity index (χ1v) is 18.3. The molecule has 7 heteroatoms. The molecule has 0 radical (unpaired) electrons. The van der Waals surface area contributed by atoms with Crippen molar-refractivity contribution in [3.05, 3.63) is 128 Å². The van der Waals surface area contributed by atoms with Crippen LogP contribution in [0, 0.1) is 17.8 Å². The molecule has 4 nitrogen and oxygen atoms in total. The second-order valence-electron chi connectivity index (χ2n) is 13.3. The molecular weight excluding hydrogens is 631 g/mol. The Morgan fingerprint density at radius 3 is 2.26 bits per heavy atom. The topological polar surface area (TPSA) is 43.8 Å². The van der Waals surface area contributed by atoms with Crippen LogP contribution in [0.5, 0.6) is 0 Å². The van der Waals surface area contributed by atoms with Crippen LogP contribution in [0.25, 0.3) is 0 Å². The minimum absolute atomic E-state index is 0.135. The number of ketones is 1. The Labute approximate surface area is 288 Å². The summed E-state index contributed by atoms with van der Waals surface area (Å²) in [5.41, 5.74) is 4.40. The van der Waals surface area contributed by atoms with Crippen LogP contribution in [-0.2, 0) is 11.3 Å². The summed E-state index contributed by atoms with van der Waals surface area (Å²) in [6.07, 6.45) is 2.01. The van der Waals surface area contributed by atoms with Crippen molar-refractivity contribution in [2.24, 2.45) is 17.8 Å². The SMILES string of the molecule is C[C@H](C(=O)C(CC1CCN(CC2CN(Cc3ccc(Cl)cc3Cl)CC2c2ccsc2)CC1)C(O)c1ccccc1)c1ccccc1. The molecule has 46 heavy (non-hydrogen) atoms. The number of benzene rings is 3. The van der Waals surface area contributed by atoms with Gasteiger partial charge >= 0.3 is 0 Å². The van der Waals surface area contributed by atoms with Crippen LogP contribution in [0.2, 0.25) is 10.0 Å². The molecule has 4 unspecified atom stereocenters. The van der Waals surface area contributed by atoms with E-state index in [-0.39, 0.29) is 11.7 Å². The van der Waals surface area contributed by atoms with Gasteiger partial charge in [0.05, 0.1) is 6.10 Å². The highest BCUT2D eigenvalue weighted by Gasteiger charge is 2.38. The number of hydrogen-bond donors (Lipinski definition) is 1. The number of nitrogens with zero attached hydrogens (tertiary/aromatic N) is 2. The third-order valence-corrected chi connectivity index (χ3v) is 11.6. The van der Waals surface area contributed by atoms with E-state index >= 15 is 0 Å². The monoisotopic (exact) mass is 674 g/mol. The van der Waals surface area contributed by atoms with Gasteiger partial charge in [-0.2, -0.15) is 11.3 Å². The largest absolute Gasteiger partial charge is 0.388 e. The fourth-order valence-electron chi connectivity index (χ4n) is 7.63. The van der Waals surface area contributed by atoms with Gasteiger partial charge in [-0.25, -0.2) is 0 Å². The van der Waals surface area contributed by atoms with Crippen molar-refractivity contribution in [3.8, 4) is 0 Å². The number of aliphatic hydroxyl groups is 1. The van der Waals surface area contributed by atoms with Crippen molar-refractivity contribution in [3.63, 3.8) is 0 Å². The van der Waals surface area contributed by atoms with E-state index in [0.717, 1.165) is 80.2 Å². The van der Waals surface area contributed by atoms with Crippen LogP contribution in [-0.4, -0.2) is 53.4 Å². The number of rotatable bonds is 12. The lowest BCUT2D eigenvalue weighted by atomic mass is 9.76. The van der Waals surface area contributed by atoms with Gasteiger partial charge in [0.2, 0.25) is 0 Å². The third-order valence-electron chi connectivity index (χ3n) is 10.3. The summed E-state index contributed by atoms with van der Waals surface area (Å²) in [6.45, 7) is 8.00. The van der Waals surface area contributed by atoms with Crippen molar-refractivity contribution in [1.29, 1.82) is 0 Å². The number of thiophene rings is 1. The van der Waals surface area contributed by atoms with Gasteiger partial charge in [-0.3, -0.25) is 9.69 Å². The van der Waals surface area contributed by atoms with E-state index in [4.69, 9.17) is 23.2 Å². The fraction of sp³-hybridized carbons (Fsp3) is 0.410. The number of carbonyl (C=O) groups excluding carboxylic acids is 1. The van der Waals surface area contributed by atoms with Gasteiger partial charge in [0, 0.05) is 54.0 Å². The Bertz CT molecular complexity index is 1540. The van der Waals surface area contributed by atoms with Gasteiger partial charge < -0.3 is 10.0 Å². The first kappa shape index (κ1) is 33.4. The van der Waals surface area contributed by atoms with E-state index in [1.54, 1.807) is 11.3 Å².